The van der Waals surface area contributed by atoms with Crippen molar-refractivity contribution in [2.45, 2.75) is 6.42 Å². The number of amides is 1. The molecule has 9 heteroatoms. The summed E-state index contributed by atoms with van der Waals surface area (Å²) in [4.78, 5) is 36.5. The van der Waals surface area contributed by atoms with E-state index in [1.54, 1.807) is 18.3 Å². The summed E-state index contributed by atoms with van der Waals surface area (Å²) in [5.41, 5.74) is 0.824. The van der Waals surface area contributed by atoms with Crippen LogP contribution in [0.4, 0.5) is 17.2 Å². The van der Waals surface area contributed by atoms with Crippen molar-refractivity contribution in [1.82, 2.24) is 14.8 Å². The summed E-state index contributed by atoms with van der Waals surface area (Å²) in [6.07, 6.45) is 2.30. The Morgan fingerprint density at radius 3 is 2.26 bits per heavy atom. The zero-order chi connectivity index (χ0) is 21.6. The SMILES string of the molecule is O=C(CCN1CCN(c2ccccc2[N+](=O)[O-])CC1)N1CCN(c2ccccn2)CC1. The van der Waals surface area contributed by atoms with Crippen molar-refractivity contribution in [2.75, 3.05) is 68.7 Å². The van der Waals surface area contributed by atoms with E-state index in [9.17, 15) is 14.9 Å². The van der Waals surface area contributed by atoms with E-state index in [0.717, 1.165) is 64.7 Å². The largest absolute Gasteiger partial charge is 0.363 e. The van der Waals surface area contributed by atoms with Crippen LogP contribution in [0.2, 0.25) is 0 Å². The number of pyridine rings is 1. The summed E-state index contributed by atoms with van der Waals surface area (Å²) < 4.78 is 0. The van der Waals surface area contributed by atoms with Crippen LogP contribution in [0.15, 0.2) is 48.7 Å². The lowest BCUT2D eigenvalue weighted by atomic mass is 10.2. The van der Waals surface area contributed by atoms with E-state index in [4.69, 9.17) is 0 Å². The zero-order valence-corrected chi connectivity index (χ0v) is 17.6. The van der Waals surface area contributed by atoms with Crippen molar-refractivity contribution in [3.05, 3.63) is 58.8 Å². The van der Waals surface area contributed by atoms with Gasteiger partial charge in [0.2, 0.25) is 5.91 Å². The first kappa shape index (κ1) is 21.0. The highest BCUT2D eigenvalue weighted by atomic mass is 16.6. The molecule has 2 fully saturated rings. The molecule has 3 heterocycles. The Bertz CT molecular complexity index is 893. The fraction of sp³-hybridized carbons (Fsp3) is 0.455. The van der Waals surface area contributed by atoms with Gasteiger partial charge in [-0.1, -0.05) is 18.2 Å². The van der Waals surface area contributed by atoms with Crippen LogP contribution in [-0.4, -0.2) is 84.5 Å². The van der Waals surface area contributed by atoms with Gasteiger partial charge < -0.3 is 14.7 Å². The van der Waals surface area contributed by atoms with E-state index in [1.165, 1.54) is 0 Å². The highest BCUT2D eigenvalue weighted by molar-refractivity contribution is 5.76. The fourth-order valence-corrected chi connectivity index (χ4v) is 4.24. The van der Waals surface area contributed by atoms with Crippen LogP contribution < -0.4 is 9.80 Å². The van der Waals surface area contributed by atoms with Crippen molar-refractivity contribution in [1.29, 1.82) is 0 Å². The van der Waals surface area contributed by atoms with Gasteiger partial charge in [-0.05, 0) is 18.2 Å². The lowest BCUT2D eigenvalue weighted by molar-refractivity contribution is -0.384. The van der Waals surface area contributed by atoms with E-state index in [2.05, 4.69) is 19.7 Å². The monoisotopic (exact) mass is 424 g/mol. The molecule has 0 spiro atoms. The number of hydrogen-bond donors (Lipinski definition) is 0. The summed E-state index contributed by atoms with van der Waals surface area (Å²) in [7, 11) is 0. The van der Waals surface area contributed by atoms with Gasteiger partial charge in [0.1, 0.15) is 11.5 Å². The number of nitrogens with zero attached hydrogens (tertiary/aromatic N) is 6. The first-order valence-corrected chi connectivity index (χ1v) is 10.8. The molecule has 0 unspecified atom stereocenters. The number of carbonyl (C=O) groups excluding carboxylic acids is 1. The molecule has 164 valence electrons. The number of nitro groups is 1. The molecular weight excluding hydrogens is 396 g/mol. The molecule has 9 nitrogen and oxygen atoms in total. The summed E-state index contributed by atoms with van der Waals surface area (Å²) in [6, 6.07) is 12.8. The number of hydrogen-bond acceptors (Lipinski definition) is 7. The molecule has 1 aromatic carbocycles. The summed E-state index contributed by atoms with van der Waals surface area (Å²) in [5.74, 6) is 1.16. The van der Waals surface area contributed by atoms with E-state index in [-0.39, 0.29) is 16.5 Å². The third-order valence-corrected chi connectivity index (χ3v) is 6.04. The number of nitro benzene ring substituents is 1. The Morgan fingerprint density at radius 1 is 0.903 bits per heavy atom. The van der Waals surface area contributed by atoms with E-state index in [0.29, 0.717) is 12.1 Å². The normalized spacial score (nSPS) is 17.6. The standard InChI is InChI=1S/C22H28N6O3/c29-22(27-17-15-26(16-18-27)21-7-3-4-9-23-21)8-10-24-11-13-25(14-12-24)19-5-1-2-6-20(19)28(30)31/h1-7,9H,8,10-18H2. The van der Waals surface area contributed by atoms with E-state index in [1.807, 2.05) is 35.2 Å². The number of benzene rings is 1. The maximum Gasteiger partial charge on any atom is 0.292 e. The van der Waals surface area contributed by atoms with Crippen LogP contribution >= 0.6 is 0 Å². The molecule has 0 bridgehead atoms. The summed E-state index contributed by atoms with van der Waals surface area (Å²) in [5, 5.41) is 11.3. The van der Waals surface area contributed by atoms with Crippen molar-refractivity contribution in [2.24, 2.45) is 0 Å². The first-order chi connectivity index (χ1) is 15.1. The quantitative estimate of drug-likeness (QED) is 0.517. The average Bonchev–Trinajstić information content (AvgIpc) is 2.83. The maximum absolute atomic E-state index is 12.7. The smallest absolute Gasteiger partial charge is 0.292 e. The molecule has 31 heavy (non-hydrogen) atoms. The molecule has 2 saturated heterocycles. The number of carbonyl (C=O) groups is 1. The van der Waals surface area contributed by atoms with Crippen LogP contribution in [-0.2, 0) is 4.79 Å². The predicted molar refractivity (Wildman–Crippen MR) is 119 cm³/mol. The molecule has 1 amide bonds. The third-order valence-electron chi connectivity index (χ3n) is 6.04. The Kier molecular flexibility index (Phi) is 6.61. The average molecular weight is 425 g/mol. The van der Waals surface area contributed by atoms with Gasteiger partial charge in [0, 0.05) is 77.6 Å². The second-order valence-corrected chi connectivity index (χ2v) is 7.88. The lowest BCUT2D eigenvalue weighted by Gasteiger charge is -2.37. The van der Waals surface area contributed by atoms with Gasteiger partial charge in [0.05, 0.1) is 4.92 Å². The lowest BCUT2D eigenvalue weighted by Crippen LogP contribution is -2.50. The Balaban J connectivity index is 1.21. The third kappa shape index (κ3) is 5.11. The first-order valence-electron chi connectivity index (χ1n) is 10.8. The molecular formula is C22H28N6O3. The zero-order valence-electron chi connectivity index (χ0n) is 17.6. The molecule has 0 saturated carbocycles. The van der Waals surface area contributed by atoms with Crippen molar-refractivity contribution in [3.8, 4) is 0 Å². The minimum absolute atomic E-state index is 0.149. The molecule has 4 rings (SSSR count). The predicted octanol–water partition coefficient (Wildman–Crippen LogP) is 1.85. The van der Waals surface area contributed by atoms with Crippen molar-refractivity contribution >= 4 is 23.1 Å². The van der Waals surface area contributed by atoms with Gasteiger partial charge in [-0.3, -0.25) is 19.8 Å². The van der Waals surface area contributed by atoms with Gasteiger partial charge in [0.15, 0.2) is 0 Å². The molecule has 2 aliphatic rings. The van der Waals surface area contributed by atoms with Crippen LogP contribution in [0.3, 0.4) is 0 Å². The molecule has 1 aromatic heterocycles. The van der Waals surface area contributed by atoms with Crippen LogP contribution in [0, 0.1) is 10.1 Å². The van der Waals surface area contributed by atoms with Gasteiger partial charge in [-0.25, -0.2) is 4.98 Å². The number of para-hydroxylation sites is 2. The van der Waals surface area contributed by atoms with Gasteiger partial charge in [-0.15, -0.1) is 0 Å². The second kappa shape index (κ2) is 9.74. The minimum atomic E-state index is -0.325. The minimum Gasteiger partial charge on any atom is -0.363 e. The Morgan fingerprint density at radius 2 is 1.58 bits per heavy atom. The Labute approximate surface area is 182 Å². The van der Waals surface area contributed by atoms with Crippen molar-refractivity contribution < 1.29 is 9.72 Å². The molecule has 0 N–H and O–H groups in total. The van der Waals surface area contributed by atoms with Crippen molar-refractivity contribution in [3.63, 3.8) is 0 Å². The van der Waals surface area contributed by atoms with E-state index < -0.39 is 0 Å². The summed E-state index contributed by atoms with van der Waals surface area (Å²) in [6.45, 7) is 6.82. The maximum atomic E-state index is 12.7. The topological polar surface area (TPSA) is 86.1 Å². The molecule has 0 aliphatic carbocycles. The van der Waals surface area contributed by atoms with Gasteiger partial charge in [0.25, 0.3) is 5.69 Å². The van der Waals surface area contributed by atoms with E-state index >= 15 is 0 Å². The van der Waals surface area contributed by atoms with Crippen LogP contribution in [0.1, 0.15) is 6.42 Å². The Hall–Kier alpha value is -3.20. The van der Waals surface area contributed by atoms with Crippen LogP contribution in [0.5, 0.6) is 0 Å². The fourth-order valence-electron chi connectivity index (χ4n) is 4.24. The number of aromatic nitrogens is 1. The van der Waals surface area contributed by atoms with Crippen LogP contribution in [0.25, 0.3) is 0 Å². The highest BCUT2D eigenvalue weighted by Crippen LogP contribution is 2.28. The highest BCUT2D eigenvalue weighted by Gasteiger charge is 2.25. The number of rotatable bonds is 6. The molecule has 0 atom stereocenters. The van der Waals surface area contributed by atoms with Gasteiger partial charge >= 0.3 is 0 Å². The molecule has 2 aromatic rings. The number of piperazine rings is 2. The molecule has 0 radical (unpaired) electrons. The number of anilines is 2. The second-order valence-electron chi connectivity index (χ2n) is 7.88. The summed E-state index contributed by atoms with van der Waals surface area (Å²) >= 11 is 0. The van der Waals surface area contributed by atoms with Gasteiger partial charge in [-0.2, -0.15) is 0 Å². The molecule has 2 aliphatic heterocycles.